The first kappa shape index (κ1) is 14.5. The van der Waals surface area contributed by atoms with E-state index in [-0.39, 0.29) is 17.6 Å². The van der Waals surface area contributed by atoms with Gasteiger partial charge < -0.3 is 10.6 Å². The highest BCUT2D eigenvalue weighted by molar-refractivity contribution is 9.10. The molecule has 0 radical (unpaired) electrons. The molecular weight excluding hydrogens is 324 g/mol. The van der Waals surface area contributed by atoms with Crippen molar-refractivity contribution in [3.8, 4) is 0 Å². The Kier molecular flexibility index (Phi) is 6.01. The summed E-state index contributed by atoms with van der Waals surface area (Å²) in [6.07, 6.45) is 0. The van der Waals surface area contributed by atoms with Gasteiger partial charge in [0.05, 0.1) is 6.54 Å². The Balaban J connectivity index is 2.48. The maximum Gasteiger partial charge on any atom is 0.243 e. The maximum absolute atomic E-state index is 11.7. The molecule has 0 bridgehead atoms. The number of carbonyl (C=O) groups is 2. The molecular formula is C10H13BrN2O2S2. The molecule has 0 aromatic carbocycles. The Morgan fingerprint density at radius 2 is 2.29 bits per heavy atom. The molecule has 0 fully saturated rings. The third-order valence-electron chi connectivity index (χ3n) is 1.99. The SMILES string of the molecule is CC(=O)NC(CS)C(=O)NCc1sccc1Br. The van der Waals surface area contributed by atoms with Crippen molar-refractivity contribution in [1.29, 1.82) is 0 Å². The third-order valence-corrected chi connectivity index (χ3v) is 4.28. The topological polar surface area (TPSA) is 58.2 Å². The van der Waals surface area contributed by atoms with E-state index in [0.29, 0.717) is 6.54 Å². The fourth-order valence-electron chi connectivity index (χ4n) is 1.18. The maximum atomic E-state index is 11.7. The number of amides is 2. The second-order valence-electron chi connectivity index (χ2n) is 3.35. The second-order valence-corrected chi connectivity index (χ2v) is 5.57. The smallest absolute Gasteiger partial charge is 0.243 e. The van der Waals surface area contributed by atoms with Gasteiger partial charge in [0.1, 0.15) is 6.04 Å². The van der Waals surface area contributed by atoms with Crippen molar-refractivity contribution in [2.75, 3.05) is 5.75 Å². The highest BCUT2D eigenvalue weighted by Gasteiger charge is 2.17. The molecule has 1 rings (SSSR count). The molecule has 1 atom stereocenters. The van der Waals surface area contributed by atoms with Gasteiger partial charge in [0.15, 0.2) is 0 Å². The number of thiophene rings is 1. The van der Waals surface area contributed by atoms with E-state index in [2.05, 4.69) is 39.2 Å². The van der Waals surface area contributed by atoms with Gasteiger partial charge in [-0.05, 0) is 27.4 Å². The number of carbonyl (C=O) groups excluding carboxylic acids is 2. The van der Waals surface area contributed by atoms with Gasteiger partial charge in [-0.15, -0.1) is 11.3 Å². The van der Waals surface area contributed by atoms with E-state index in [4.69, 9.17) is 0 Å². The molecule has 0 aliphatic rings. The van der Waals surface area contributed by atoms with E-state index >= 15 is 0 Å². The summed E-state index contributed by atoms with van der Waals surface area (Å²) in [6.45, 7) is 1.82. The Morgan fingerprint density at radius 1 is 1.59 bits per heavy atom. The summed E-state index contributed by atoms with van der Waals surface area (Å²) >= 11 is 8.98. The Labute approximate surface area is 118 Å². The number of rotatable bonds is 5. The lowest BCUT2D eigenvalue weighted by molar-refractivity contribution is -0.127. The number of nitrogens with one attached hydrogen (secondary N) is 2. The van der Waals surface area contributed by atoms with Crippen LogP contribution in [0.25, 0.3) is 0 Å². The number of hydrogen-bond acceptors (Lipinski definition) is 4. The molecule has 0 aliphatic heterocycles. The van der Waals surface area contributed by atoms with E-state index in [1.54, 1.807) is 11.3 Å². The first-order chi connectivity index (χ1) is 8.04. The number of thiol groups is 1. The van der Waals surface area contributed by atoms with Gasteiger partial charge in [-0.2, -0.15) is 12.6 Å². The van der Waals surface area contributed by atoms with Crippen LogP contribution in [0.15, 0.2) is 15.9 Å². The minimum Gasteiger partial charge on any atom is -0.349 e. The van der Waals surface area contributed by atoms with Crippen LogP contribution in [0.3, 0.4) is 0 Å². The van der Waals surface area contributed by atoms with Gasteiger partial charge in [0.2, 0.25) is 11.8 Å². The van der Waals surface area contributed by atoms with Crippen molar-refractivity contribution < 1.29 is 9.59 Å². The molecule has 0 saturated heterocycles. The molecule has 1 aromatic rings. The highest BCUT2D eigenvalue weighted by atomic mass is 79.9. The monoisotopic (exact) mass is 336 g/mol. The second kappa shape index (κ2) is 7.03. The predicted molar refractivity (Wildman–Crippen MR) is 75.3 cm³/mol. The predicted octanol–water partition coefficient (Wildman–Crippen LogP) is 1.56. The van der Waals surface area contributed by atoms with Crippen molar-refractivity contribution in [3.63, 3.8) is 0 Å². The molecule has 7 heteroatoms. The molecule has 2 N–H and O–H groups in total. The first-order valence-corrected chi connectivity index (χ1v) is 7.22. The summed E-state index contributed by atoms with van der Waals surface area (Å²) in [5.41, 5.74) is 0. The molecule has 0 aliphatic carbocycles. The Bertz CT molecular complexity index is 409. The van der Waals surface area contributed by atoms with Crippen LogP contribution in [0.5, 0.6) is 0 Å². The third kappa shape index (κ3) is 4.69. The summed E-state index contributed by atoms with van der Waals surface area (Å²) in [6, 6.07) is 1.34. The summed E-state index contributed by atoms with van der Waals surface area (Å²) in [5.74, 6) is -0.191. The van der Waals surface area contributed by atoms with Gasteiger partial charge >= 0.3 is 0 Å². The van der Waals surface area contributed by atoms with Crippen molar-refractivity contribution in [2.24, 2.45) is 0 Å². The van der Waals surface area contributed by atoms with Gasteiger partial charge in [-0.25, -0.2) is 0 Å². The standard InChI is InChI=1S/C10H13BrN2O2S2/c1-6(14)13-8(5-16)10(15)12-4-9-7(11)2-3-17-9/h2-3,8,16H,4-5H2,1H3,(H,12,15)(H,13,14). The molecule has 2 amide bonds. The molecule has 1 aromatic heterocycles. The lowest BCUT2D eigenvalue weighted by Crippen LogP contribution is -2.47. The van der Waals surface area contributed by atoms with Crippen LogP contribution < -0.4 is 10.6 Å². The largest absolute Gasteiger partial charge is 0.349 e. The first-order valence-electron chi connectivity index (χ1n) is 4.92. The van der Waals surface area contributed by atoms with E-state index < -0.39 is 6.04 Å². The van der Waals surface area contributed by atoms with Crippen molar-refractivity contribution in [3.05, 3.63) is 20.8 Å². The lowest BCUT2D eigenvalue weighted by Gasteiger charge is -2.14. The van der Waals surface area contributed by atoms with Gasteiger partial charge in [-0.3, -0.25) is 9.59 Å². The Hall–Kier alpha value is -0.530. The van der Waals surface area contributed by atoms with Crippen LogP contribution in [-0.4, -0.2) is 23.6 Å². The van der Waals surface area contributed by atoms with Crippen molar-refractivity contribution in [2.45, 2.75) is 19.5 Å². The summed E-state index contributed by atoms with van der Waals surface area (Å²) in [7, 11) is 0. The molecule has 0 saturated carbocycles. The molecule has 1 heterocycles. The zero-order valence-electron chi connectivity index (χ0n) is 9.20. The molecule has 4 nitrogen and oxygen atoms in total. The van der Waals surface area contributed by atoms with Crippen LogP contribution >= 0.6 is 39.9 Å². The Morgan fingerprint density at radius 3 is 2.76 bits per heavy atom. The molecule has 94 valence electrons. The van der Waals surface area contributed by atoms with Crippen molar-refractivity contribution in [1.82, 2.24) is 10.6 Å². The zero-order chi connectivity index (χ0) is 12.8. The summed E-state index contributed by atoms with van der Waals surface area (Å²) in [4.78, 5) is 23.6. The lowest BCUT2D eigenvalue weighted by atomic mass is 10.3. The van der Waals surface area contributed by atoms with Gasteiger partial charge in [0, 0.05) is 22.0 Å². The minimum atomic E-state index is -0.588. The van der Waals surface area contributed by atoms with Crippen molar-refractivity contribution >= 4 is 51.7 Å². The van der Waals surface area contributed by atoms with Crippen LogP contribution in [-0.2, 0) is 16.1 Å². The van der Waals surface area contributed by atoms with Gasteiger partial charge in [0.25, 0.3) is 0 Å². The van der Waals surface area contributed by atoms with Crippen LogP contribution in [0, 0.1) is 0 Å². The van der Waals surface area contributed by atoms with Crippen LogP contribution in [0.2, 0.25) is 0 Å². The van der Waals surface area contributed by atoms with Gasteiger partial charge in [-0.1, -0.05) is 0 Å². The number of hydrogen-bond donors (Lipinski definition) is 3. The van der Waals surface area contributed by atoms with E-state index in [0.717, 1.165) is 9.35 Å². The van der Waals surface area contributed by atoms with E-state index in [1.807, 2.05) is 11.4 Å². The molecule has 1 unspecified atom stereocenters. The average Bonchev–Trinajstić information content (AvgIpc) is 2.68. The minimum absolute atomic E-state index is 0.226. The fraction of sp³-hybridized carbons (Fsp3) is 0.400. The zero-order valence-corrected chi connectivity index (χ0v) is 12.5. The highest BCUT2D eigenvalue weighted by Crippen LogP contribution is 2.22. The normalized spacial score (nSPS) is 11.9. The van der Waals surface area contributed by atoms with Crippen LogP contribution in [0.1, 0.15) is 11.8 Å². The molecule has 0 spiro atoms. The van der Waals surface area contributed by atoms with Crippen LogP contribution in [0.4, 0.5) is 0 Å². The quantitative estimate of drug-likeness (QED) is 0.715. The number of halogens is 1. The summed E-state index contributed by atoms with van der Waals surface area (Å²) < 4.78 is 0.977. The average molecular weight is 337 g/mol. The molecule has 17 heavy (non-hydrogen) atoms. The summed E-state index contributed by atoms with van der Waals surface area (Å²) in [5, 5.41) is 7.24. The van der Waals surface area contributed by atoms with E-state index in [1.165, 1.54) is 6.92 Å². The fourth-order valence-corrected chi connectivity index (χ4v) is 2.87. The van der Waals surface area contributed by atoms with E-state index in [9.17, 15) is 9.59 Å².